The van der Waals surface area contributed by atoms with Crippen LogP contribution in [-0.2, 0) is 10.8 Å². The Labute approximate surface area is 261 Å². The molecule has 7 rings (SSSR count). The minimum atomic E-state index is -0.428. The Morgan fingerprint density at radius 3 is 1.73 bits per heavy atom. The Balaban J connectivity index is 1.53. The molecule has 0 N–H and O–H groups in total. The van der Waals surface area contributed by atoms with E-state index in [0.29, 0.717) is 0 Å². The van der Waals surface area contributed by atoms with Gasteiger partial charge in [-0.2, -0.15) is 0 Å². The number of hydrogen-bond acceptors (Lipinski definition) is 2. The van der Waals surface area contributed by atoms with E-state index in [1.54, 1.807) is 0 Å². The van der Waals surface area contributed by atoms with E-state index >= 15 is 0 Å². The Morgan fingerprint density at radius 1 is 0.636 bits per heavy atom. The van der Waals surface area contributed by atoms with Crippen LogP contribution in [0.3, 0.4) is 0 Å². The summed E-state index contributed by atoms with van der Waals surface area (Å²) in [5, 5.41) is 9.70. The first-order valence-electron chi connectivity index (χ1n) is 15.8. The lowest BCUT2D eigenvalue weighted by atomic mass is 9.67. The fraction of sp³-hybridized carbons (Fsp3) is 0.220. The summed E-state index contributed by atoms with van der Waals surface area (Å²) in [5.41, 5.74) is 11.9. The maximum absolute atomic E-state index is 4.87. The van der Waals surface area contributed by atoms with Gasteiger partial charge in [0.05, 0.1) is 11.1 Å². The molecule has 1 aromatic heterocycles. The number of fused-ring (bicyclic) bond motifs is 3. The molecule has 0 atom stereocenters. The minimum absolute atomic E-state index is 0.138. The van der Waals surface area contributed by atoms with Crippen LogP contribution in [0.25, 0.3) is 28.2 Å². The molecule has 0 spiro atoms. The van der Waals surface area contributed by atoms with Gasteiger partial charge >= 0.3 is 0 Å². The van der Waals surface area contributed by atoms with Crippen molar-refractivity contribution < 1.29 is 0 Å². The average molecular weight is 574 g/mol. The summed E-state index contributed by atoms with van der Waals surface area (Å²) in [6, 6.07) is 44.2. The second-order valence-electron chi connectivity index (χ2n) is 12.8. The van der Waals surface area contributed by atoms with Crippen molar-refractivity contribution in [1.82, 2.24) is 14.8 Å². The molecule has 0 saturated carbocycles. The fourth-order valence-electron chi connectivity index (χ4n) is 7.68. The number of aryl methyl sites for hydroxylation is 2. The smallest absolute Gasteiger partial charge is 0.168 e. The highest BCUT2D eigenvalue weighted by Gasteiger charge is 2.46. The molecule has 44 heavy (non-hydrogen) atoms. The minimum Gasteiger partial charge on any atom is -0.278 e. The maximum atomic E-state index is 4.87. The van der Waals surface area contributed by atoms with Gasteiger partial charge in [-0.05, 0) is 64.8 Å². The molecular weight excluding hydrogens is 534 g/mol. The molecule has 3 nitrogen and oxygen atoms in total. The van der Waals surface area contributed by atoms with Crippen LogP contribution in [0.1, 0.15) is 72.8 Å². The molecule has 0 unspecified atom stereocenters. The van der Waals surface area contributed by atoms with Crippen molar-refractivity contribution in [3.05, 3.63) is 161 Å². The highest BCUT2D eigenvalue weighted by atomic mass is 15.3. The van der Waals surface area contributed by atoms with Crippen molar-refractivity contribution in [2.45, 2.75) is 58.3 Å². The van der Waals surface area contributed by atoms with Crippen LogP contribution in [0.5, 0.6) is 0 Å². The Hall–Kier alpha value is -4.76. The van der Waals surface area contributed by atoms with E-state index < -0.39 is 5.41 Å². The van der Waals surface area contributed by atoms with Gasteiger partial charge in [0.15, 0.2) is 5.82 Å². The van der Waals surface area contributed by atoms with Gasteiger partial charge in [-0.1, -0.05) is 149 Å². The molecule has 1 aliphatic rings. The van der Waals surface area contributed by atoms with Crippen LogP contribution in [-0.4, -0.2) is 14.8 Å². The van der Waals surface area contributed by atoms with E-state index in [9.17, 15) is 0 Å². The molecule has 3 heteroatoms. The molecule has 0 amide bonds. The van der Waals surface area contributed by atoms with Gasteiger partial charge in [-0.15, -0.1) is 10.2 Å². The van der Waals surface area contributed by atoms with Gasteiger partial charge in [0.2, 0.25) is 0 Å². The summed E-state index contributed by atoms with van der Waals surface area (Å²) in [7, 11) is 0. The highest BCUT2D eigenvalue weighted by Crippen LogP contribution is 2.56. The molecule has 0 aliphatic heterocycles. The molecule has 218 valence electrons. The number of hydrogen-bond donors (Lipinski definition) is 0. The van der Waals surface area contributed by atoms with E-state index in [4.69, 9.17) is 10.2 Å². The normalized spacial score (nSPS) is 13.5. The summed E-state index contributed by atoms with van der Waals surface area (Å²) in [6.07, 6.45) is 2.11. The first-order valence-corrected chi connectivity index (χ1v) is 15.8. The monoisotopic (exact) mass is 573 g/mol. The summed E-state index contributed by atoms with van der Waals surface area (Å²) in [5.74, 6) is 1.89. The molecule has 0 fully saturated rings. The highest BCUT2D eigenvalue weighted by molar-refractivity contribution is 5.86. The fourth-order valence-corrected chi connectivity index (χ4v) is 7.68. The Bertz CT molecular complexity index is 1900. The van der Waals surface area contributed by atoms with E-state index in [-0.39, 0.29) is 5.41 Å². The zero-order valence-electron chi connectivity index (χ0n) is 26.3. The van der Waals surface area contributed by atoms with E-state index in [0.717, 1.165) is 30.1 Å². The first-order chi connectivity index (χ1) is 21.4. The molecule has 1 heterocycles. The van der Waals surface area contributed by atoms with Gasteiger partial charge in [0.1, 0.15) is 5.82 Å². The number of aromatic nitrogens is 3. The van der Waals surface area contributed by atoms with Crippen LogP contribution < -0.4 is 0 Å². The summed E-state index contributed by atoms with van der Waals surface area (Å²) < 4.78 is 2.34. The molecular formula is C41H39N3. The third-order valence-corrected chi connectivity index (χ3v) is 9.48. The molecule has 0 radical (unpaired) electrons. The first kappa shape index (κ1) is 28.0. The van der Waals surface area contributed by atoms with Gasteiger partial charge in [0, 0.05) is 11.0 Å². The van der Waals surface area contributed by atoms with Crippen LogP contribution in [0, 0.1) is 13.8 Å². The zero-order valence-corrected chi connectivity index (χ0v) is 26.3. The third kappa shape index (κ3) is 4.17. The van der Waals surface area contributed by atoms with E-state index in [1.807, 2.05) is 0 Å². The molecule has 0 saturated heterocycles. The molecule has 5 aromatic carbocycles. The summed E-state index contributed by atoms with van der Waals surface area (Å²) in [6.45, 7) is 11.3. The molecule has 6 aromatic rings. The predicted molar refractivity (Wildman–Crippen MR) is 182 cm³/mol. The second-order valence-corrected chi connectivity index (χ2v) is 12.8. The number of rotatable bonds is 7. The van der Waals surface area contributed by atoms with Crippen molar-refractivity contribution in [2.24, 2.45) is 0 Å². The van der Waals surface area contributed by atoms with Gasteiger partial charge < -0.3 is 0 Å². The molecule has 0 bridgehead atoms. The van der Waals surface area contributed by atoms with Gasteiger partial charge in [-0.3, -0.25) is 4.57 Å². The van der Waals surface area contributed by atoms with Crippen molar-refractivity contribution in [1.29, 1.82) is 0 Å². The zero-order chi connectivity index (χ0) is 30.5. The van der Waals surface area contributed by atoms with Gasteiger partial charge in [0.25, 0.3) is 0 Å². The van der Waals surface area contributed by atoms with E-state index in [2.05, 4.69) is 161 Å². The van der Waals surface area contributed by atoms with Crippen molar-refractivity contribution in [2.75, 3.05) is 0 Å². The van der Waals surface area contributed by atoms with E-state index in [1.165, 1.54) is 50.2 Å². The Kier molecular flexibility index (Phi) is 6.85. The topological polar surface area (TPSA) is 30.7 Å². The van der Waals surface area contributed by atoms with Crippen molar-refractivity contribution >= 4 is 0 Å². The molecule has 1 aliphatic carbocycles. The maximum Gasteiger partial charge on any atom is 0.168 e. The standard InChI is InChI=1S/C41H39N3/c1-6-25-40(4,5)39-43-42-38(30-17-9-7-10-18-30)44(39)37-28(2)26-32(27-29(37)3)41(31-19-11-8-12-20-31)35-23-15-13-21-33(35)34-22-14-16-24-36(34)41/h7-24,26-27H,6,25H2,1-5H3. The third-order valence-electron chi connectivity index (χ3n) is 9.48. The lowest BCUT2D eigenvalue weighted by molar-refractivity contribution is 0.437. The lowest BCUT2D eigenvalue weighted by Crippen LogP contribution is -2.29. The number of nitrogens with zero attached hydrogens (tertiary/aromatic N) is 3. The number of benzene rings is 5. The van der Waals surface area contributed by atoms with Crippen LogP contribution in [0.15, 0.2) is 121 Å². The predicted octanol–water partition coefficient (Wildman–Crippen LogP) is 9.99. The van der Waals surface area contributed by atoms with Crippen LogP contribution in [0.4, 0.5) is 0 Å². The Morgan fingerprint density at radius 2 is 1.16 bits per heavy atom. The quantitative estimate of drug-likeness (QED) is 0.190. The van der Waals surface area contributed by atoms with Gasteiger partial charge in [-0.25, -0.2) is 0 Å². The average Bonchev–Trinajstić information content (AvgIpc) is 3.61. The summed E-state index contributed by atoms with van der Waals surface area (Å²) in [4.78, 5) is 0. The SMILES string of the molecule is CCCC(C)(C)c1nnc(-c2ccccc2)n1-c1c(C)cc(C2(c3ccccc3)c3ccccc3-c3ccccc32)cc1C. The van der Waals surface area contributed by atoms with Crippen LogP contribution >= 0.6 is 0 Å². The second kappa shape index (κ2) is 10.7. The lowest BCUT2D eigenvalue weighted by Gasteiger charge is -2.35. The van der Waals surface area contributed by atoms with Crippen molar-refractivity contribution in [3.63, 3.8) is 0 Å². The van der Waals surface area contributed by atoms with Crippen molar-refractivity contribution in [3.8, 4) is 28.2 Å². The summed E-state index contributed by atoms with van der Waals surface area (Å²) >= 11 is 0. The van der Waals surface area contributed by atoms with Crippen LogP contribution in [0.2, 0.25) is 0 Å². The largest absolute Gasteiger partial charge is 0.278 e.